The van der Waals surface area contributed by atoms with E-state index >= 15 is 0 Å². The Labute approximate surface area is 310 Å². The zero-order valence-electron chi connectivity index (χ0n) is 30.9. The molecule has 14 heteroatoms. The summed E-state index contributed by atoms with van der Waals surface area (Å²) in [5, 5.41) is 8.21. The van der Waals surface area contributed by atoms with E-state index in [2.05, 4.69) is 37.2 Å². The first-order valence-corrected chi connectivity index (χ1v) is 17.9. The zero-order chi connectivity index (χ0) is 38.3. The number of carbonyl (C=O) groups excluding carboxylic acids is 4. The number of allylic oxidation sites excluding steroid dienone is 1. The van der Waals surface area contributed by atoms with Crippen molar-refractivity contribution in [3.63, 3.8) is 0 Å². The van der Waals surface area contributed by atoms with E-state index in [0.29, 0.717) is 23.0 Å². The van der Waals surface area contributed by atoms with Crippen LogP contribution in [0.15, 0.2) is 73.3 Å². The molecule has 0 aliphatic carbocycles. The smallest absolute Gasteiger partial charge is 0.408 e. The maximum Gasteiger partial charge on any atom is 0.408 e. The second-order valence-electron chi connectivity index (χ2n) is 13.8. The van der Waals surface area contributed by atoms with Gasteiger partial charge in [0.25, 0.3) is 0 Å². The van der Waals surface area contributed by atoms with Gasteiger partial charge in [-0.1, -0.05) is 81.3 Å². The predicted octanol–water partition coefficient (Wildman–Crippen LogP) is 6.28. The van der Waals surface area contributed by atoms with Crippen LogP contribution in [0, 0.1) is 5.41 Å². The molecule has 0 saturated heterocycles. The van der Waals surface area contributed by atoms with Crippen LogP contribution >= 0.6 is 11.9 Å². The van der Waals surface area contributed by atoms with Crippen LogP contribution in [0.3, 0.4) is 0 Å². The van der Waals surface area contributed by atoms with Gasteiger partial charge in [-0.3, -0.25) is 14.4 Å². The lowest BCUT2D eigenvalue weighted by atomic mass is 9.86. The number of hydrogen-bond donors (Lipinski definition) is 4. The van der Waals surface area contributed by atoms with E-state index in [9.17, 15) is 19.2 Å². The van der Waals surface area contributed by atoms with Gasteiger partial charge >= 0.3 is 6.09 Å². The molecule has 3 rings (SSSR count). The summed E-state index contributed by atoms with van der Waals surface area (Å²) in [6.45, 7) is 14.2. The topological polar surface area (TPSA) is 170 Å². The van der Waals surface area contributed by atoms with Crippen LogP contribution in [-0.2, 0) is 19.1 Å². The number of nitrogens with zero attached hydrogens (tertiary/aromatic N) is 2. The SMILES string of the molecule is C=CCCCSNC(=O)CCNC(=O)C(NC(=O)[C@@H](NC(=O)OC(C)(C)C)C(C)(C)C)c1ccc(Oc2cc(OC)nc(-c3ccccc3)n2)cc1. The first kappa shape index (κ1) is 41.3. The number of benzene rings is 2. The van der Waals surface area contributed by atoms with Gasteiger partial charge in [-0.15, -0.1) is 6.58 Å². The van der Waals surface area contributed by atoms with Crippen molar-refractivity contribution in [2.24, 2.45) is 5.41 Å². The Hall–Kier alpha value is -5.11. The summed E-state index contributed by atoms with van der Waals surface area (Å²) in [5.41, 5.74) is -0.333. The molecule has 1 unspecified atom stereocenters. The van der Waals surface area contributed by atoms with E-state index in [4.69, 9.17) is 14.2 Å². The highest BCUT2D eigenvalue weighted by Gasteiger charge is 2.36. The largest absolute Gasteiger partial charge is 0.481 e. The molecular weight excluding hydrogens is 685 g/mol. The molecule has 0 spiro atoms. The van der Waals surface area contributed by atoms with Crippen molar-refractivity contribution in [3.05, 3.63) is 78.9 Å². The number of alkyl carbamates (subject to hydrolysis) is 1. The predicted molar refractivity (Wildman–Crippen MR) is 202 cm³/mol. The van der Waals surface area contributed by atoms with Crippen LogP contribution in [0.2, 0.25) is 0 Å². The molecule has 280 valence electrons. The molecular formula is C38H50N6O7S. The van der Waals surface area contributed by atoms with Gasteiger partial charge in [-0.05, 0) is 56.7 Å². The molecule has 0 aliphatic rings. The average molecular weight is 735 g/mol. The highest BCUT2D eigenvalue weighted by atomic mass is 32.2. The van der Waals surface area contributed by atoms with Crippen molar-refractivity contribution in [3.8, 4) is 28.9 Å². The minimum Gasteiger partial charge on any atom is -0.481 e. The molecule has 1 heterocycles. The summed E-state index contributed by atoms with van der Waals surface area (Å²) >= 11 is 1.30. The van der Waals surface area contributed by atoms with E-state index < -0.39 is 41.0 Å². The quantitative estimate of drug-likeness (QED) is 0.0704. The average Bonchev–Trinajstić information content (AvgIpc) is 3.08. The Morgan fingerprint density at radius 2 is 1.58 bits per heavy atom. The molecule has 2 aromatic carbocycles. The van der Waals surface area contributed by atoms with Gasteiger partial charge in [0.2, 0.25) is 29.5 Å². The molecule has 52 heavy (non-hydrogen) atoms. The third-order valence-electron chi connectivity index (χ3n) is 7.19. The second kappa shape index (κ2) is 19.5. The molecule has 0 fully saturated rings. The molecule has 1 aromatic heterocycles. The maximum absolute atomic E-state index is 13.8. The Balaban J connectivity index is 1.82. The van der Waals surface area contributed by atoms with Crippen molar-refractivity contribution in [1.29, 1.82) is 0 Å². The van der Waals surface area contributed by atoms with Crippen LogP contribution in [0.4, 0.5) is 4.79 Å². The lowest BCUT2D eigenvalue weighted by molar-refractivity contribution is -0.131. The normalized spacial score (nSPS) is 12.4. The van der Waals surface area contributed by atoms with Gasteiger partial charge in [0.05, 0.1) is 13.2 Å². The summed E-state index contributed by atoms with van der Waals surface area (Å²) in [7, 11) is 1.50. The van der Waals surface area contributed by atoms with Gasteiger partial charge in [0.15, 0.2) is 5.82 Å². The van der Waals surface area contributed by atoms with Gasteiger partial charge in [0, 0.05) is 24.3 Å². The second-order valence-corrected chi connectivity index (χ2v) is 14.7. The number of aromatic nitrogens is 2. The van der Waals surface area contributed by atoms with Crippen molar-refractivity contribution in [2.75, 3.05) is 19.4 Å². The molecule has 13 nitrogen and oxygen atoms in total. The number of nitrogens with one attached hydrogen (secondary N) is 4. The highest BCUT2D eigenvalue weighted by molar-refractivity contribution is 7.97. The Bertz CT molecular complexity index is 1660. The zero-order valence-corrected chi connectivity index (χ0v) is 31.7. The first-order chi connectivity index (χ1) is 24.6. The molecule has 0 saturated carbocycles. The lowest BCUT2D eigenvalue weighted by Crippen LogP contribution is -2.56. The standard InChI is InChI=1S/C38H50N6O7S/c1-9-10-14-23-52-44-28(45)21-22-39-34(46)31(42-35(47)32(37(2,3)4)43-36(48)51-38(5,6)7)25-17-19-27(20-18-25)50-30-24-29(49-8)40-33(41-30)26-15-12-11-13-16-26/h9,11-13,15-20,24,31-32H,1,10,14,21-23H2,2-8H3,(H,39,46)(H,42,47)(H,43,48)(H,44,45)/t31?,32-/m1/s1. The van der Waals surface area contributed by atoms with Gasteiger partial charge in [0.1, 0.15) is 23.4 Å². The van der Waals surface area contributed by atoms with Crippen molar-refractivity contribution in [2.45, 2.75) is 78.5 Å². The summed E-state index contributed by atoms with van der Waals surface area (Å²) < 4.78 is 19.6. The fourth-order valence-corrected chi connectivity index (χ4v) is 5.31. The number of rotatable bonds is 17. The molecule has 0 radical (unpaired) electrons. The summed E-state index contributed by atoms with van der Waals surface area (Å²) in [5.74, 6) is 0.712. The summed E-state index contributed by atoms with van der Waals surface area (Å²) in [6.07, 6.45) is 2.83. The minimum atomic E-state index is -1.19. The summed E-state index contributed by atoms with van der Waals surface area (Å²) in [6, 6.07) is 15.2. The highest BCUT2D eigenvalue weighted by Crippen LogP contribution is 2.28. The van der Waals surface area contributed by atoms with E-state index in [0.717, 1.165) is 24.2 Å². The minimum absolute atomic E-state index is 0.0313. The van der Waals surface area contributed by atoms with Gasteiger partial charge in [-0.2, -0.15) is 9.97 Å². The molecule has 0 aliphatic heterocycles. The Morgan fingerprint density at radius 3 is 2.19 bits per heavy atom. The van der Waals surface area contributed by atoms with Gasteiger partial charge in [-0.25, -0.2) is 4.79 Å². The van der Waals surface area contributed by atoms with Crippen LogP contribution in [-0.4, -0.2) is 64.8 Å². The Kier molecular flexibility index (Phi) is 15.5. The van der Waals surface area contributed by atoms with E-state index in [1.807, 2.05) is 36.4 Å². The number of hydrogen-bond acceptors (Lipinski definition) is 10. The number of ether oxygens (including phenoxy) is 3. The van der Waals surface area contributed by atoms with E-state index in [-0.39, 0.29) is 24.8 Å². The van der Waals surface area contributed by atoms with E-state index in [1.54, 1.807) is 71.9 Å². The maximum atomic E-state index is 13.8. The molecule has 4 amide bonds. The van der Waals surface area contributed by atoms with Crippen molar-refractivity contribution < 1.29 is 33.4 Å². The van der Waals surface area contributed by atoms with Crippen molar-refractivity contribution >= 4 is 35.8 Å². The van der Waals surface area contributed by atoms with Gasteiger partial charge < -0.3 is 34.9 Å². The summed E-state index contributed by atoms with van der Waals surface area (Å²) in [4.78, 5) is 61.4. The van der Waals surface area contributed by atoms with Crippen LogP contribution in [0.5, 0.6) is 17.5 Å². The number of methoxy groups -OCH3 is 1. The lowest BCUT2D eigenvalue weighted by Gasteiger charge is -2.32. The first-order valence-electron chi connectivity index (χ1n) is 16.9. The molecule has 0 bridgehead atoms. The van der Waals surface area contributed by atoms with Crippen molar-refractivity contribution in [1.82, 2.24) is 30.6 Å². The monoisotopic (exact) mass is 734 g/mol. The fraction of sp³-hybridized carbons (Fsp3) is 0.421. The number of unbranched alkanes of at least 4 members (excludes halogenated alkanes) is 1. The van der Waals surface area contributed by atoms with Crippen LogP contribution < -0.4 is 30.1 Å². The number of carbonyl (C=O) groups is 4. The third kappa shape index (κ3) is 13.9. The van der Waals surface area contributed by atoms with Crippen LogP contribution in [0.1, 0.15) is 72.4 Å². The van der Waals surface area contributed by atoms with E-state index in [1.165, 1.54) is 19.1 Å². The fourth-order valence-electron chi connectivity index (χ4n) is 4.64. The third-order valence-corrected chi connectivity index (χ3v) is 8.05. The Morgan fingerprint density at radius 1 is 0.904 bits per heavy atom. The van der Waals surface area contributed by atoms with Crippen LogP contribution in [0.25, 0.3) is 11.4 Å². The molecule has 3 aromatic rings. The number of amides is 4. The molecule has 4 N–H and O–H groups in total. The molecule has 2 atom stereocenters.